The zero-order chi connectivity index (χ0) is 19.7. The van der Waals surface area contributed by atoms with Gasteiger partial charge in [-0.05, 0) is 29.8 Å². The van der Waals surface area contributed by atoms with E-state index in [9.17, 15) is 25.6 Å². The number of primary sulfonamides is 1. The minimum atomic E-state index is -4.66. The topological polar surface area (TPSA) is 106 Å². The van der Waals surface area contributed by atoms with Crippen molar-refractivity contribution >= 4 is 55.0 Å². The lowest BCUT2D eigenvalue weighted by molar-refractivity contribution is 0.551. The van der Waals surface area contributed by atoms with E-state index < -0.39 is 42.3 Å². The summed E-state index contributed by atoms with van der Waals surface area (Å²) in [4.78, 5) is -1.18. The third-order valence-corrected chi connectivity index (χ3v) is 5.65. The molecule has 2 rings (SSSR count). The predicted molar refractivity (Wildman–Crippen MR) is 95.8 cm³/mol. The van der Waals surface area contributed by atoms with Gasteiger partial charge in [0.25, 0.3) is 10.0 Å². The van der Waals surface area contributed by atoms with Crippen molar-refractivity contribution in [1.82, 2.24) is 0 Å². The number of anilines is 1. The Morgan fingerprint density at radius 1 is 1.00 bits per heavy atom. The van der Waals surface area contributed by atoms with Crippen molar-refractivity contribution in [2.45, 2.75) is 4.90 Å². The Balaban J connectivity index is 2.41. The largest absolute Gasteiger partial charge is 0.279 e. The van der Waals surface area contributed by atoms with Crippen LogP contribution in [0.5, 0.6) is 0 Å². The molecule has 3 N–H and O–H groups in total. The number of benzene rings is 2. The number of nitrogens with two attached hydrogens (primary N) is 1. The lowest BCUT2D eigenvalue weighted by atomic mass is 10.2. The van der Waals surface area contributed by atoms with E-state index in [0.717, 1.165) is 6.08 Å². The first kappa shape index (κ1) is 20.6. The minimum Gasteiger partial charge on any atom is -0.279 e. The minimum absolute atomic E-state index is 0.183. The third-order valence-electron chi connectivity index (χ3n) is 2.93. The number of sulfonamides is 2. The standard InChI is InChI=1S/C14H10Cl2F2N2O4S2/c15-10-2-1-8(5-11(10)16)3-4-25(21,22)20-13-7-9(17)6-12(18)14(13)26(19,23)24/h1-7,20H,(H2,19,23,24). The average molecular weight is 443 g/mol. The zero-order valence-electron chi connectivity index (χ0n) is 12.6. The first-order valence-corrected chi connectivity index (χ1v) is 10.4. The highest BCUT2D eigenvalue weighted by molar-refractivity contribution is 7.95. The maximum Gasteiger partial charge on any atom is 0.255 e. The Bertz CT molecular complexity index is 1100. The summed E-state index contributed by atoms with van der Waals surface area (Å²) < 4.78 is 75.9. The molecule has 26 heavy (non-hydrogen) atoms. The average Bonchev–Trinajstić information content (AvgIpc) is 2.46. The van der Waals surface area contributed by atoms with Crippen LogP contribution in [0.2, 0.25) is 10.0 Å². The van der Waals surface area contributed by atoms with Crippen LogP contribution in [0, 0.1) is 11.6 Å². The number of halogens is 4. The lowest BCUT2D eigenvalue weighted by Crippen LogP contribution is -2.19. The van der Waals surface area contributed by atoms with E-state index >= 15 is 0 Å². The summed E-state index contributed by atoms with van der Waals surface area (Å²) in [7, 11) is -8.99. The van der Waals surface area contributed by atoms with Gasteiger partial charge in [0, 0.05) is 6.07 Å². The molecule has 2 aromatic carbocycles. The Hall–Kier alpha value is -1.72. The van der Waals surface area contributed by atoms with Crippen LogP contribution < -0.4 is 9.86 Å². The van der Waals surface area contributed by atoms with Gasteiger partial charge in [0.1, 0.15) is 16.5 Å². The molecular weight excluding hydrogens is 433 g/mol. The van der Waals surface area contributed by atoms with Crippen LogP contribution in [0.1, 0.15) is 5.56 Å². The van der Waals surface area contributed by atoms with E-state index in [4.69, 9.17) is 28.3 Å². The highest BCUT2D eigenvalue weighted by Gasteiger charge is 2.23. The molecule has 2 aromatic rings. The van der Waals surface area contributed by atoms with E-state index in [1.165, 1.54) is 18.2 Å². The van der Waals surface area contributed by atoms with E-state index in [1.54, 1.807) is 4.72 Å². The van der Waals surface area contributed by atoms with Crippen LogP contribution >= 0.6 is 23.2 Å². The molecule has 0 saturated carbocycles. The van der Waals surface area contributed by atoms with Gasteiger partial charge in [-0.15, -0.1) is 0 Å². The Morgan fingerprint density at radius 2 is 1.65 bits per heavy atom. The van der Waals surface area contributed by atoms with Gasteiger partial charge in [0.05, 0.1) is 21.1 Å². The van der Waals surface area contributed by atoms with E-state index in [1.807, 2.05) is 0 Å². The van der Waals surface area contributed by atoms with Crippen molar-refractivity contribution in [3.05, 3.63) is 63.0 Å². The number of nitrogens with one attached hydrogen (secondary N) is 1. The molecule has 0 heterocycles. The molecule has 0 aliphatic heterocycles. The Morgan fingerprint density at radius 3 is 2.23 bits per heavy atom. The summed E-state index contributed by atoms with van der Waals surface area (Å²) in [5.41, 5.74) is -0.495. The fourth-order valence-corrected chi connectivity index (χ4v) is 3.89. The molecular formula is C14H10Cl2F2N2O4S2. The Labute approximate surface area is 158 Å². The van der Waals surface area contributed by atoms with Crippen molar-refractivity contribution in [1.29, 1.82) is 0 Å². The number of hydrogen-bond donors (Lipinski definition) is 2. The number of hydrogen-bond acceptors (Lipinski definition) is 4. The molecule has 12 heteroatoms. The maximum absolute atomic E-state index is 13.7. The fraction of sp³-hybridized carbons (Fsp3) is 0. The summed E-state index contributed by atoms with van der Waals surface area (Å²) in [5, 5.41) is 5.95. The quantitative estimate of drug-likeness (QED) is 0.740. The second-order valence-electron chi connectivity index (χ2n) is 4.93. The van der Waals surface area contributed by atoms with Gasteiger partial charge in [0.15, 0.2) is 0 Å². The molecule has 0 aliphatic carbocycles. The summed E-state index contributed by atoms with van der Waals surface area (Å²) in [5.74, 6) is -2.72. The third kappa shape index (κ3) is 5.15. The Kier molecular flexibility index (Phi) is 5.93. The van der Waals surface area contributed by atoms with Crippen molar-refractivity contribution in [2.75, 3.05) is 4.72 Å². The van der Waals surface area contributed by atoms with Gasteiger partial charge >= 0.3 is 0 Å². The first-order chi connectivity index (χ1) is 11.9. The van der Waals surface area contributed by atoms with Gasteiger partial charge in [-0.1, -0.05) is 29.3 Å². The molecule has 0 aliphatic rings. The van der Waals surface area contributed by atoms with Gasteiger partial charge < -0.3 is 0 Å². The molecule has 0 bridgehead atoms. The van der Waals surface area contributed by atoms with Crippen LogP contribution in [-0.2, 0) is 20.0 Å². The van der Waals surface area contributed by atoms with Crippen molar-refractivity contribution in [2.24, 2.45) is 5.14 Å². The SMILES string of the molecule is NS(=O)(=O)c1c(F)cc(F)cc1NS(=O)(=O)C=Cc1ccc(Cl)c(Cl)c1. The highest BCUT2D eigenvalue weighted by Crippen LogP contribution is 2.27. The van der Waals surface area contributed by atoms with Crippen LogP contribution in [0.3, 0.4) is 0 Å². The molecule has 140 valence electrons. The van der Waals surface area contributed by atoms with Crippen LogP contribution in [0.15, 0.2) is 40.6 Å². The molecule has 0 radical (unpaired) electrons. The second-order valence-corrected chi connectivity index (χ2v) is 8.81. The van der Waals surface area contributed by atoms with Crippen LogP contribution in [0.25, 0.3) is 6.08 Å². The van der Waals surface area contributed by atoms with Gasteiger partial charge in [0.2, 0.25) is 10.0 Å². The van der Waals surface area contributed by atoms with Gasteiger partial charge in [-0.25, -0.2) is 30.8 Å². The number of rotatable bonds is 5. The summed E-state index contributed by atoms with van der Waals surface area (Å²) >= 11 is 11.5. The van der Waals surface area contributed by atoms with Crippen molar-refractivity contribution in [3.8, 4) is 0 Å². The van der Waals surface area contributed by atoms with E-state index in [2.05, 4.69) is 0 Å². The van der Waals surface area contributed by atoms with Crippen molar-refractivity contribution < 1.29 is 25.6 Å². The predicted octanol–water partition coefficient (Wildman–Crippen LogP) is 3.33. The van der Waals surface area contributed by atoms with Gasteiger partial charge in [-0.2, -0.15) is 0 Å². The van der Waals surface area contributed by atoms with Crippen LogP contribution in [-0.4, -0.2) is 16.8 Å². The van der Waals surface area contributed by atoms with E-state index in [0.29, 0.717) is 17.0 Å². The normalized spacial score (nSPS) is 12.5. The van der Waals surface area contributed by atoms with Gasteiger partial charge in [-0.3, -0.25) is 4.72 Å². The summed E-state index contributed by atoms with van der Waals surface area (Å²) in [6.07, 6.45) is 1.12. The lowest BCUT2D eigenvalue weighted by Gasteiger charge is -2.10. The van der Waals surface area contributed by atoms with Crippen LogP contribution in [0.4, 0.5) is 14.5 Å². The molecule has 0 fully saturated rings. The molecule has 0 amide bonds. The highest BCUT2D eigenvalue weighted by atomic mass is 35.5. The maximum atomic E-state index is 13.7. The summed E-state index contributed by atoms with van der Waals surface area (Å²) in [6.45, 7) is 0. The fourth-order valence-electron chi connectivity index (χ4n) is 1.90. The summed E-state index contributed by atoms with van der Waals surface area (Å²) in [6, 6.07) is 5.05. The molecule has 0 unspecified atom stereocenters. The van der Waals surface area contributed by atoms with Crippen molar-refractivity contribution in [3.63, 3.8) is 0 Å². The molecule has 0 aromatic heterocycles. The zero-order valence-corrected chi connectivity index (χ0v) is 15.7. The molecule has 0 atom stereocenters. The molecule has 6 nitrogen and oxygen atoms in total. The molecule has 0 spiro atoms. The second kappa shape index (κ2) is 7.49. The monoisotopic (exact) mass is 442 g/mol. The molecule has 0 saturated heterocycles. The van der Waals surface area contributed by atoms with E-state index in [-0.39, 0.29) is 16.1 Å². The smallest absolute Gasteiger partial charge is 0.255 e. The first-order valence-electron chi connectivity index (χ1n) is 6.57.